The highest BCUT2D eigenvalue weighted by Crippen LogP contribution is 2.37. The van der Waals surface area contributed by atoms with Crippen molar-refractivity contribution >= 4 is 28.9 Å². The van der Waals surface area contributed by atoms with E-state index in [1.807, 2.05) is 0 Å². The van der Waals surface area contributed by atoms with Crippen LogP contribution in [-0.2, 0) is 15.8 Å². The standard InChI is InChI=1S/C21H18F4N4O4/c22-14-3-1-2-4-15(14)28-19(30)12-18(20(28)31)27-9-7-26(8-10-27)16-6-5-13(21(23,24)25)11-17(16)29(32)33/h1-6,11,18H,7-10,12H2/t18-/m0/s1. The molecule has 174 valence electrons. The van der Waals surface area contributed by atoms with Crippen LogP contribution >= 0.6 is 0 Å². The summed E-state index contributed by atoms with van der Waals surface area (Å²) in [6.45, 7) is 0.883. The Morgan fingerprint density at radius 3 is 2.24 bits per heavy atom. The molecule has 0 unspecified atom stereocenters. The first-order valence-electron chi connectivity index (χ1n) is 10.0. The SMILES string of the molecule is O=C1C[C@H](N2CCN(c3ccc(C(F)(F)F)cc3[N+](=O)[O-])CC2)C(=O)N1c1ccccc1F. The molecular formula is C21H18F4N4O4. The van der Waals surface area contributed by atoms with E-state index in [9.17, 15) is 37.3 Å². The number of imide groups is 1. The molecule has 2 aliphatic rings. The van der Waals surface area contributed by atoms with Gasteiger partial charge in [0.05, 0.1) is 28.6 Å². The van der Waals surface area contributed by atoms with Crippen molar-refractivity contribution in [2.75, 3.05) is 36.0 Å². The molecule has 0 radical (unpaired) electrons. The van der Waals surface area contributed by atoms with Crippen molar-refractivity contribution in [2.45, 2.75) is 18.6 Å². The highest BCUT2D eigenvalue weighted by atomic mass is 19.4. The number of amides is 2. The average molecular weight is 466 g/mol. The van der Waals surface area contributed by atoms with Crippen LogP contribution < -0.4 is 9.80 Å². The highest BCUT2D eigenvalue weighted by Gasteiger charge is 2.44. The van der Waals surface area contributed by atoms with Gasteiger partial charge in [-0.25, -0.2) is 9.29 Å². The van der Waals surface area contributed by atoms with Crippen LogP contribution in [-0.4, -0.2) is 53.9 Å². The predicted octanol–water partition coefficient (Wildman–Crippen LogP) is 3.21. The summed E-state index contributed by atoms with van der Waals surface area (Å²) in [6, 6.07) is 7.02. The summed E-state index contributed by atoms with van der Waals surface area (Å²) in [5.74, 6) is -1.78. The Labute approximate surface area is 185 Å². The van der Waals surface area contributed by atoms with Crippen LogP contribution in [0.3, 0.4) is 0 Å². The molecule has 0 aromatic heterocycles. The number of benzene rings is 2. The minimum Gasteiger partial charge on any atom is -0.363 e. The molecule has 2 fully saturated rings. The highest BCUT2D eigenvalue weighted by molar-refractivity contribution is 6.22. The molecule has 2 aliphatic heterocycles. The van der Waals surface area contributed by atoms with Crippen LogP contribution in [0.5, 0.6) is 0 Å². The third kappa shape index (κ3) is 4.25. The van der Waals surface area contributed by atoms with Crippen molar-refractivity contribution in [3.63, 3.8) is 0 Å². The number of nitrogens with zero attached hydrogens (tertiary/aromatic N) is 4. The summed E-state index contributed by atoms with van der Waals surface area (Å²) in [5.41, 5.74) is -1.83. The number of para-hydroxylation sites is 1. The van der Waals surface area contributed by atoms with Crippen molar-refractivity contribution < 1.29 is 32.1 Å². The van der Waals surface area contributed by atoms with Crippen molar-refractivity contribution in [3.8, 4) is 0 Å². The lowest BCUT2D eigenvalue weighted by molar-refractivity contribution is -0.384. The number of rotatable bonds is 4. The van der Waals surface area contributed by atoms with Crippen LogP contribution in [0, 0.1) is 15.9 Å². The van der Waals surface area contributed by atoms with Gasteiger partial charge in [-0.1, -0.05) is 12.1 Å². The lowest BCUT2D eigenvalue weighted by Crippen LogP contribution is -2.52. The molecule has 0 N–H and O–H groups in total. The van der Waals surface area contributed by atoms with Gasteiger partial charge in [-0.3, -0.25) is 24.6 Å². The van der Waals surface area contributed by atoms with Gasteiger partial charge >= 0.3 is 6.18 Å². The van der Waals surface area contributed by atoms with E-state index in [1.54, 1.807) is 9.80 Å². The number of anilines is 2. The number of halogens is 4. The number of alkyl halides is 3. The molecule has 2 aromatic rings. The Morgan fingerprint density at radius 2 is 1.64 bits per heavy atom. The van der Waals surface area contributed by atoms with Gasteiger partial charge < -0.3 is 4.90 Å². The molecule has 2 amide bonds. The van der Waals surface area contributed by atoms with E-state index >= 15 is 0 Å². The number of hydrogen-bond donors (Lipinski definition) is 0. The number of nitro groups is 1. The van der Waals surface area contributed by atoms with E-state index in [0.29, 0.717) is 6.07 Å². The topological polar surface area (TPSA) is 87.0 Å². The molecule has 0 saturated carbocycles. The van der Waals surface area contributed by atoms with E-state index in [4.69, 9.17) is 0 Å². The molecule has 2 aromatic carbocycles. The number of carbonyl (C=O) groups is 2. The van der Waals surface area contributed by atoms with Crippen LogP contribution in [0.15, 0.2) is 42.5 Å². The lowest BCUT2D eigenvalue weighted by atomic mass is 10.1. The Hall–Kier alpha value is -3.54. The normalized spacial score (nSPS) is 19.9. The van der Waals surface area contributed by atoms with Crippen molar-refractivity contribution in [2.24, 2.45) is 0 Å². The Morgan fingerprint density at radius 1 is 0.970 bits per heavy atom. The fourth-order valence-corrected chi connectivity index (χ4v) is 4.18. The largest absolute Gasteiger partial charge is 0.416 e. The molecule has 12 heteroatoms. The fourth-order valence-electron chi connectivity index (χ4n) is 4.18. The maximum atomic E-state index is 14.1. The Bertz CT molecular complexity index is 1120. The second kappa shape index (κ2) is 8.43. The van der Waals surface area contributed by atoms with Gasteiger partial charge in [0.2, 0.25) is 5.91 Å². The zero-order chi connectivity index (χ0) is 23.9. The quantitative estimate of drug-likeness (QED) is 0.298. The zero-order valence-corrected chi connectivity index (χ0v) is 17.1. The van der Waals surface area contributed by atoms with Gasteiger partial charge in [-0.2, -0.15) is 13.2 Å². The van der Waals surface area contributed by atoms with E-state index in [1.165, 1.54) is 18.2 Å². The zero-order valence-electron chi connectivity index (χ0n) is 17.1. The van der Waals surface area contributed by atoms with E-state index < -0.39 is 46.0 Å². The number of hydrogen-bond acceptors (Lipinski definition) is 6. The van der Waals surface area contributed by atoms with Gasteiger partial charge in [0.1, 0.15) is 11.5 Å². The maximum absolute atomic E-state index is 14.1. The Balaban J connectivity index is 1.49. The molecule has 0 spiro atoms. The molecule has 0 aliphatic carbocycles. The molecule has 2 heterocycles. The van der Waals surface area contributed by atoms with E-state index in [-0.39, 0.29) is 44.0 Å². The van der Waals surface area contributed by atoms with Crippen LogP contribution in [0.2, 0.25) is 0 Å². The predicted molar refractivity (Wildman–Crippen MR) is 109 cm³/mol. The molecule has 8 nitrogen and oxygen atoms in total. The molecule has 2 saturated heterocycles. The molecule has 0 bridgehead atoms. The summed E-state index contributed by atoms with van der Waals surface area (Å²) in [7, 11) is 0. The summed E-state index contributed by atoms with van der Waals surface area (Å²) in [4.78, 5) is 40.0. The number of nitro benzene ring substituents is 1. The molecule has 1 atom stereocenters. The number of piperazine rings is 1. The van der Waals surface area contributed by atoms with Crippen LogP contribution in [0.4, 0.5) is 34.6 Å². The smallest absolute Gasteiger partial charge is 0.363 e. The lowest BCUT2D eigenvalue weighted by Gasteiger charge is -2.37. The van der Waals surface area contributed by atoms with Gasteiger partial charge in [0.15, 0.2) is 0 Å². The first-order chi connectivity index (χ1) is 15.6. The second-order valence-corrected chi connectivity index (χ2v) is 7.72. The summed E-state index contributed by atoms with van der Waals surface area (Å²) in [5, 5.41) is 11.4. The van der Waals surface area contributed by atoms with Crippen molar-refractivity contribution in [3.05, 3.63) is 64.0 Å². The van der Waals surface area contributed by atoms with E-state index in [0.717, 1.165) is 23.1 Å². The van der Waals surface area contributed by atoms with Gasteiger partial charge in [0.25, 0.3) is 11.6 Å². The van der Waals surface area contributed by atoms with Gasteiger partial charge in [-0.15, -0.1) is 0 Å². The summed E-state index contributed by atoms with van der Waals surface area (Å²) < 4.78 is 53.0. The first kappa shape index (κ1) is 22.6. The van der Waals surface area contributed by atoms with Gasteiger partial charge in [0, 0.05) is 32.2 Å². The average Bonchev–Trinajstić information content (AvgIpc) is 3.07. The summed E-state index contributed by atoms with van der Waals surface area (Å²) >= 11 is 0. The minimum atomic E-state index is -4.71. The first-order valence-corrected chi connectivity index (χ1v) is 10.0. The molecule has 33 heavy (non-hydrogen) atoms. The monoisotopic (exact) mass is 466 g/mol. The number of carbonyl (C=O) groups excluding carboxylic acids is 2. The molecule has 4 rings (SSSR count). The van der Waals surface area contributed by atoms with E-state index in [2.05, 4.69) is 0 Å². The third-order valence-corrected chi connectivity index (χ3v) is 5.81. The van der Waals surface area contributed by atoms with Crippen molar-refractivity contribution in [1.82, 2.24) is 4.90 Å². The molecular weight excluding hydrogens is 448 g/mol. The van der Waals surface area contributed by atoms with Crippen LogP contribution in [0.1, 0.15) is 12.0 Å². The second-order valence-electron chi connectivity index (χ2n) is 7.72. The van der Waals surface area contributed by atoms with Gasteiger partial charge in [-0.05, 0) is 24.3 Å². The minimum absolute atomic E-state index is 0.0504. The Kier molecular flexibility index (Phi) is 5.78. The van der Waals surface area contributed by atoms with Crippen LogP contribution in [0.25, 0.3) is 0 Å². The van der Waals surface area contributed by atoms with Crippen molar-refractivity contribution in [1.29, 1.82) is 0 Å². The summed E-state index contributed by atoms with van der Waals surface area (Å²) in [6.07, 6.45) is -4.84. The maximum Gasteiger partial charge on any atom is 0.416 e. The fraction of sp³-hybridized carbons (Fsp3) is 0.333. The third-order valence-electron chi connectivity index (χ3n) is 5.81.